The highest BCUT2D eigenvalue weighted by Gasteiger charge is 2.44. The fraction of sp³-hybridized carbons (Fsp3) is 0.562. The lowest BCUT2D eigenvalue weighted by atomic mass is 9.78. The Labute approximate surface area is 114 Å². The number of rotatable bonds is 6. The Hall–Kier alpha value is -1.51. The van der Waals surface area contributed by atoms with Crippen LogP contribution in [0.5, 0.6) is 5.75 Å². The first-order chi connectivity index (χ1) is 9.20. The summed E-state index contributed by atoms with van der Waals surface area (Å²) in [5, 5.41) is 9.66. The average Bonchev–Trinajstić information content (AvgIpc) is 2.90. The van der Waals surface area contributed by atoms with Crippen molar-refractivity contribution in [2.45, 2.75) is 50.9 Å². The standard InChI is InChI=1S/C16H22O3/c1-2-3-12-19-14-9-5-4-8-13(14)16(15(17)18)10-6-7-11-16/h4-5,8-9H,2-3,6-7,10-12H2,1H3,(H,17,18). The Morgan fingerprint density at radius 3 is 2.63 bits per heavy atom. The van der Waals surface area contributed by atoms with Crippen LogP contribution in [0, 0.1) is 0 Å². The van der Waals surface area contributed by atoms with E-state index in [-0.39, 0.29) is 0 Å². The van der Waals surface area contributed by atoms with E-state index in [0.29, 0.717) is 6.61 Å². The van der Waals surface area contributed by atoms with E-state index in [9.17, 15) is 9.90 Å². The van der Waals surface area contributed by atoms with Gasteiger partial charge in [-0.1, -0.05) is 44.4 Å². The number of carbonyl (C=O) groups is 1. The number of para-hydroxylation sites is 1. The summed E-state index contributed by atoms with van der Waals surface area (Å²) in [4.78, 5) is 11.8. The second kappa shape index (κ2) is 6.09. The zero-order chi connectivity index (χ0) is 13.7. The number of hydrogen-bond acceptors (Lipinski definition) is 2. The van der Waals surface area contributed by atoms with Crippen LogP contribution in [0.3, 0.4) is 0 Å². The molecule has 3 heteroatoms. The summed E-state index contributed by atoms with van der Waals surface area (Å²) in [5.41, 5.74) is 0.124. The predicted molar refractivity (Wildman–Crippen MR) is 74.6 cm³/mol. The summed E-state index contributed by atoms with van der Waals surface area (Å²) >= 11 is 0. The SMILES string of the molecule is CCCCOc1ccccc1C1(C(=O)O)CCCC1. The largest absolute Gasteiger partial charge is 0.493 e. The molecule has 0 unspecified atom stereocenters. The van der Waals surface area contributed by atoms with Crippen LogP contribution in [-0.2, 0) is 10.2 Å². The van der Waals surface area contributed by atoms with Crippen LogP contribution in [-0.4, -0.2) is 17.7 Å². The Bertz CT molecular complexity index is 433. The smallest absolute Gasteiger partial charge is 0.314 e. The molecule has 1 fully saturated rings. The molecule has 3 nitrogen and oxygen atoms in total. The van der Waals surface area contributed by atoms with Gasteiger partial charge in [-0.2, -0.15) is 0 Å². The lowest BCUT2D eigenvalue weighted by Crippen LogP contribution is -2.33. The second-order valence-corrected chi connectivity index (χ2v) is 5.29. The predicted octanol–water partition coefficient (Wildman–Crippen LogP) is 3.76. The molecule has 0 aromatic heterocycles. The van der Waals surface area contributed by atoms with E-state index >= 15 is 0 Å². The number of carboxylic acids is 1. The van der Waals surface area contributed by atoms with Gasteiger partial charge >= 0.3 is 5.97 Å². The van der Waals surface area contributed by atoms with E-state index in [1.165, 1.54) is 0 Å². The van der Waals surface area contributed by atoms with Crippen molar-refractivity contribution in [1.82, 2.24) is 0 Å². The van der Waals surface area contributed by atoms with Gasteiger partial charge in [0.1, 0.15) is 5.75 Å². The van der Waals surface area contributed by atoms with Crippen molar-refractivity contribution in [3.8, 4) is 5.75 Å². The third kappa shape index (κ3) is 2.75. The maximum Gasteiger partial charge on any atom is 0.314 e. The molecule has 0 heterocycles. The van der Waals surface area contributed by atoms with Crippen molar-refractivity contribution in [3.05, 3.63) is 29.8 Å². The van der Waals surface area contributed by atoms with Gasteiger partial charge in [-0.05, 0) is 25.3 Å². The molecule has 2 rings (SSSR count). The molecule has 0 aliphatic heterocycles. The molecular formula is C16H22O3. The summed E-state index contributed by atoms with van der Waals surface area (Å²) in [6.07, 6.45) is 5.47. The van der Waals surface area contributed by atoms with E-state index in [1.54, 1.807) is 0 Å². The molecule has 1 aromatic carbocycles. The Balaban J connectivity index is 2.29. The van der Waals surface area contributed by atoms with Crippen LogP contribution in [0.4, 0.5) is 0 Å². The van der Waals surface area contributed by atoms with Gasteiger partial charge in [0.25, 0.3) is 0 Å². The molecule has 0 spiro atoms. The van der Waals surface area contributed by atoms with Gasteiger partial charge in [-0.15, -0.1) is 0 Å². The molecule has 1 saturated carbocycles. The van der Waals surface area contributed by atoms with E-state index in [0.717, 1.165) is 49.8 Å². The Morgan fingerprint density at radius 1 is 1.32 bits per heavy atom. The molecule has 0 radical (unpaired) electrons. The highest BCUT2D eigenvalue weighted by Crippen LogP contribution is 2.44. The van der Waals surface area contributed by atoms with E-state index in [4.69, 9.17) is 4.74 Å². The molecule has 104 valence electrons. The molecule has 0 bridgehead atoms. The van der Waals surface area contributed by atoms with Gasteiger partial charge in [0.2, 0.25) is 0 Å². The molecular weight excluding hydrogens is 240 g/mol. The zero-order valence-corrected chi connectivity index (χ0v) is 11.5. The number of hydrogen-bond donors (Lipinski definition) is 1. The Kier molecular flexibility index (Phi) is 4.46. The van der Waals surface area contributed by atoms with Gasteiger partial charge in [-0.25, -0.2) is 0 Å². The summed E-state index contributed by atoms with van der Waals surface area (Å²) in [7, 11) is 0. The van der Waals surface area contributed by atoms with Gasteiger partial charge in [0.05, 0.1) is 12.0 Å². The number of aliphatic carboxylic acids is 1. The number of benzene rings is 1. The topological polar surface area (TPSA) is 46.5 Å². The highest BCUT2D eigenvalue weighted by molar-refractivity contribution is 5.83. The van der Waals surface area contributed by atoms with Gasteiger partial charge < -0.3 is 9.84 Å². The summed E-state index contributed by atoms with van der Waals surface area (Å²) in [5.74, 6) is 0.0387. The average molecular weight is 262 g/mol. The van der Waals surface area contributed by atoms with Gasteiger partial charge in [0, 0.05) is 5.56 Å². The van der Waals surface area contributed by atoms with E-state index < -0.39 is 11.4 Å². The minimum absolute atomic E-state index is 0.656. The lowest BCUT2D eigenvalue weighted by molar-refractivity contribution is -0.143. The number of carboxylic acid groups (broad SMARTS) is 1. The lowest BCUT2D eigenvalue weighted by Gasteiger charge is -2.26. The second-order valence-electron chi connectivity index (χ2n) is 5.29. The third-order valence-electron chi connectivity index (χ3n) is 4.02. The Morgan fingerprint density at radius 2 is 2.00 bits per heavy atom. The van der Waals surface area contributed by atoms with Crippen LogP contribution >= 0.6 is 0 Å². The molecule has 1 aliphatic carbocycles. The van der Waals surface area contributed by atoms with E-state index in [1.807, 2.05) is 24.3 Å². The third-order valence-corrected chi connectivity index (χ3v) is 4.02. The summed E-state index contributed by atoms with van der Waals surface area (Å²) in [6.45, 7) is 2.77. The van der Waals surface area contributed by atoms with Crippen molar-refractivity contribution < 1.29 is 14.6 Å². The van der Waals surface area contributed by atoms with Crippen LogP contribution < -0.4 is 4.74 Å². The fourth-order valence-electron chi connectivity index (χ4n) is 2.89. The quantitative estimate of drug-likeness (QED) is 0.794. The first-order valence-electron chi connectivity index (χ1n) is 7.16. The molecule has 1 aliphatic rings. The van der Waals surface area contributed by atoms with Crippen LogP contribution in [0.15, 0.2) is 24.3 Å². The number of ether oxygens (including phenoxy) is 1. The van der Waals surface area contributed by atoms with Crippen molar-refractivity contribution >= 4 is 5.97 Å². The normalized spacial score (nSPS) is 17.3. The molecule has 1 aromatic rings. The summed E-state index contributed by atoms with van der Waals surface area (Å²) < 4.78 is 5.80. The maximum absolute atomic E-state index is 11.8. The fourth-order valence-corrected chi connectivity index (χ4v) is 2.89. The molecule has 0 amide bonds. The monoisotopic (exact) mass is 262 g/mol. The zero-order valence-electron chi connectivity index (χ0n) is 11.5. The molecule has 19 heavy (non-hydrogen) atoms. The minimum Gasteiger partial charge on any atom is -0.493 e. The van der Waals surface area contributed by atoms with Crippen LogP contribution in [0.25, 0.3) is 0 Å². The van der Waals surface area contributed by atoms with Crippen molar-refractivity contribution in [1.29, 1.82) is 0 Å². The van der Waals surface area contributed by atoms with Crippen molar-refractivity contribution in [2.24, 2.45) is 0 Å². The van der Waals surface area contributed by atoms with Crippen LogP contribution in [0.1, 0.15) is 51.0 Å². The molecule has 0 saturated heterocycles. The van der Waals surface area contributed by atoms with Crippen molar-refractivity contribution in [2.75, 3.05) is 6.61 Å². The van der Waals surface area contributed by atoms with Gasteiger partial charge in [-0.3, -0.25) is 4.79 Å². The maximum atomic E-state index is 11.8. The number of unbranched alkanes of at least 4 members (excludes halogenated alkanes) is 1. The van der Waals surface area contributed by atoms with Gasteiger partial charge in [0.15, 0.2) is 0 Å². The summed E-state index contributed by atoms with van der Waals surface area (Å²) in [6, 6.07) is 7.63. The molecule has 0 atom stereocenters. The molecule has 1 N–H and O–H groups in total. The highest BCUT2D eigenvalue weighted by atomic mass is 16.5. The first-order valence-corrected chi connectivity index (χ1v) is 7.16. The first kappa shape index (κ1) is 13.9. The van der Waals surface area contributed by atoms with Crippen LogP contribution in [0.2, 0.25) is 0 Å². The minimum atomic E-state index is -0.733. The van der Waals surface area contributed by atoms with E-state index in [2.05, 4.69) is 6.92 Å². The van der Waals surface area contributed by atoms with Crippen molar-refractivity contribution in [3.63, 3.8) is 0 Å².